The Kier molecular flexibility index (Phi) is 5.33. The van der Waals surface area contributed by atoms with Crippen molar-refractivity contribution in [2.45, 2.75) is 13.3 Å². The Hall–Kier alpha value is -0.740. The molecule has 0 saturated carbocycles. The lowest BCUT2D eigenvalue weighted by molar-refractivity contribution is 0.482. The van der Waals surface area contributed by atoms with Crippen molar-refractivity contribution in [3.05, 3.63) is 56.0 Å². The van der Waals surface area contributed by atoms with E-state index in [0.29, 0.717) is 22.3 Å². The van der Waals surface area contributed by atoms with Crippen LogP contribution in [0.1, 0.15) is 11.1 Å². The number of ether oxygens (including phenoxy) is 1. The van der Waals surface area contributed by atoms with Gasteiger partial charge in [-0.25, -0.2) is 0 Å². The molecule has 0 aliphatic carbocycles. The molecule has 2 aromatic carbocycles. The van der Waals surface area contributed by atoms with Gasteiger partial charge in [-0.1, -0.05) is 29.3 Å². The van der Waals surface area contributed by atoms with Crippen molar-refractivity contribution < 1.29 is 4.74 Å². The summed E-state index contributed by atoms with van der Waals surface area (Å²) in [5.74, 6) is 1.26. The lowest BCUT2D eigenvalue weighted by atomic mass is 10.1. The largest absolute Gasteiger partial charge is 0.456 e. The Balaban J connectivity index is 2.26. The molecular formula is C15H14BrCl2NO. The fourth-order valence-electron chi connectivity index (χ4n) is 1.88. The number of halogens is 3. The van der Waals surface area contributed by atoms with Crippen LogP contribution in [-0.4, -0.2) is 6.54 Å². The molecule has 0 bridgehead atoms. The fourth-order valence-corrected chi connectivity index (χ4v) is 2.71. The van der Waals surface area contributed by atoms with Gasteiger partial charge in [0.05, 0.1) is 10.0 Å². The molecule has 0 atom stereocenters. The minimum Gasteiger partial charge on any atom is -0.456 e. The van der Waals surface area contributed by atoms with Crippen LogP contribution in [0.4, 0.5) is 0 Å². The van der Waals surface area contributed by atoms with Gasteiger partial charge >= 0.3 is 0 Å². The quantitative estimate of drug-likeness (QED) is 0.731. The molecule has 2 N–H and O–H groups in total. The average Bonchev–Trinajstić information content (AvgIpc) is 2.39. The zero-order chi connectivity index (χ0) is 14.7. The zero-order valence-electron chi connectivity index (χ0n) is 10.9. The van der Waals surface area contributed by atoms with Gasteiger partial charge in [-0.2, -0.15) is 0 Å². The Labute approximate surface area is 137 Å². The summed E-state index contributed by atoms with van der Waals surface area (Å²) in [4.78, 5) is 0. The van der Waals surface area contributed by atoms with E-state index >= 15 is 0 Å². The van der Waals surface area contributed by atoms with Crippen molar-refractivity contribution in [1.82, 2.24) is 0 Å². The Morgan fingerprint density at radius 2 is 1.90 bits per heavy atom. The summed E-state index contributed by atoms with van der Waals surface area (Å²) in [5, 5.41) is 1.06. The summed E-state index contributed by atoms with van der Waals surface area (Å²) in [6, 6.07) is 9.30. The topological polar surface area (TPSA) is 35.2 Å². The summed E-state index contributed by atoms with van der Waals surface area (Å²) < 4.78 is 6.53. The first-order valence-electron chi connectivity index (χ1n) is 6.13. The second-order valence-corrected chi connectivity index (χ2v) is 6.09. The number of aryl methyl sites for hydroxylation is 1. The van der Waals surface area contributed by atoms with E-state index in [2.05, 4.69) is 15.9 Å². The molecule has 0 radical (unpaired) electrons. The summed E-state index contributed by atoms with van der Waals surface area (Å²) >= 11 is 15.5. The molecule has 2 rings (SSSR count). The van der Waals surface area contributed by atoms with E-state index in [4.69, 9.17) is 33.7 Å². The predicted molar refractivity (Wildman–Crippen MR) is 88.2 cm³/mol. The number of rotatable bonds is 4. The van der Waals surface area contributed by atoms with Crippen LogP contribution >= 0.6 is 39.1 Å². The van der Waals surface area contributed by atoms with Crippen LogP contribution in [0.25, 0.3) is 0 Å². The standard InChI is InChI=1S/C15H14BrCl2NO/c1-9-6-11(3-2-10(9)4-5-19)20-15-8-13(17)12(16)7-14(15)18/h2-3,6-8H,4-5,19H2,1H3. The molecule has 0 aromatic heterocycles. The first-order valence-corrected chi connectivity index (χ1v) is 7.68. The van der Waals surface area contributed by atoms with E-state index in [1.54, 1.807) is 12.1 Å². The molecule has 0 heterocycles. The summed E-state index contributed by atoms with van der Waals surface area (Å²) in [7, 11) is 0. The molecular weight excluding hydrogens is 361 g/mol. The molecule has 20 heavy (non-hydrogen) atoms. The van der Waals surface area contributed by atoms with Crippen LogP contribution in [0.15, 0.2) is 34.8 Å². The van der Waals surface area contributed by atoms with Crippen LogP contribution in [0, 0.1) is 6.92 Å². The Morgan fingerprint density at radius 3 is 2.55 bits per heavy atom. The molecule has 2 aromatic rings. The fraction of sp³-hybridized carbons (Fsp3) is 0.200. The summed E-state index contributed by atoms with van der Waals surface area (Å²) in [6.45, 7) is 2.67. The molecule has 0 unspecified atom stereocenters. The Bertz CT molecular complexity index is 632. The summed E-state index contributed by atoms with van der Waals surface area (Å²) in [6.07, 6.45) is 0.858. The van der Waals surface area contributed by atoms with Crippen LogP contribution < -0.4 is 10.5 Å². The van der Waals surface area contributed by atoms with Crippen molar-refractivity contribution in [1.29, 1.82) is 0 Å². The smallest absolute Gasteiger partial charge is 0.147 e. The average molecular weight is 375 g/mol. The predicted octanol–water partition coefficient (Wildman–Crippen LogP) is 5.36. The lowest BCUT2D eigenvalue weighted by Crippen LogP contribution is -2.04. The molecule has 5 heteroatoms. The molecule has 0 saturated heterocycles. The van der Waals surface area contributed by atoms with Gasteiger partial charge in [0, 0.05) is 10.5 Å². The van der Waals surface area contributed by atoms with Gasteiger partial charge in [-0.05, 0) is 65.1 Å². The second kappa shape index (κ2) is 6.81. The normalized spacial score (nSPS) is 10.7. The number of benzene rings is 2. The van der Waals surface area contributed by atoms with Gasteiger partial charge in [-0.15, -0.1) is 0 Å². The Morgan fingerprint density at radius 1 is 1.15 bits per heavy atom. The van der Waals surface area contributed by atoms with E-state index in [1.807, 2.05) is 25.1 Å². The van der Waals surface area contributed by atoms with Gasteiger partial charge in [0.25, 0.3) is 0 Å². The highest BCUT2D eigenvalue weighted by atomic mass is 79.9. The van der Waals surface area contributed by atoms with Crippen LogP contribution in [0.3, 0.4) is 0 Å². The number of hydrogen-bond donors (Lipinski definition) is 1. The third-order valence-corrected chi connectivity index (χ3v) is 4.42. The molecule has 0 spiro atoms. The highest BCUT2D eigenvalue weighted by Gasteiger charge is 2.09. The maximum absolute atomic E-state index is 6.14. The van der Waals surface area contributed by atoms with Gasteiger partial charge in [-0.3, -0.25) is 0 Å². The molecule has 2 nitrogen and oxygen atoms in total. The highest BCUT2D eigenvalue weighted by Crippen LogP contribution is 2.36. The SMILES string of the molecule is Cc1cc(Oc2cc(Cl)c(Br)cc2Cl)ccc1CCN. The molecule has 0 aliphatic rings. The minimum atomic E-state index is 0.505. The van der Waals surface area contributed by atoms with E-state index in [0.717, 1.165) is 22.2 Å². The summed E-state index contributed by atoms with van der Waals surface area (Å²) in [5.41, 5.74) is 7.94. The van der Waals surface area contributed by atoms with E-state index in [1.165, 1.54) is 5.56 Å². The van der Waals surface area contributed by atoms with Crippen molar-refractivity contribution in [2.75, 3.05) is 6.54 Å². The molecule has 0 amide bonds. The van der Waals surface area contributed by atoms with Gasteiger partial charge in [0.2, 0.25) is 0 Å². The molecule has 106 valence electrons. The van der Waals surface area contributed by atoms with Crippen molar-refractivity contribution >= 4 is 39.1 Å². The van der Waals surface area contributed by atoms with Crippen molar-refractivity contribution in [3.8, 4) is 11.5 Å². The van der Waals surface area contributed by atoms with Crippen LogP contribution in [0.5, 0.6) is 11.5 Å². The van der Waals surface area contributed by atoms with E-state index in [-0.39, 0.29) is 0 Å². The molecule has 0 aliphatic heterocycles. The lowest BCUT2D eigenvalue weighted by Gasteiger charge is -2.11. The number of hydrogen-bond acceptors (Lipinski definition) is 2. The van der Waals surface area contributed by atoms with Gasteiger partial charge in [0.1, 0.15) is 11.5 Å². The van der Waals surface area contributed by atoms with Gasteiger partial charge < -0.3 is 10.5 Å². The maximum atomic E-state index is 6.14. The first kappa shape index (κ1) is 15.6. The third kappa shape index (κ3) is 3.67. The van der Waals surface area contributed by atoms with Crippen LogP contribution in [-0.2, 0) is 6.42 Å². The minimum absolute atomic E-state index is 0.505. The van der Waals surface area contributed by atoms with Crippen LogP contribution in [0.2, 0.25) is 10.0 Å². The van der Waals surface area contributed by atoms with Crippen molar-refractivity contribution in [3.63, 3.8) is 0 Å². The van der Waals surface area contributed by atoms with Crippen molar-refractivity contribution in [2.24, 2.45) is 5.73 Å². The monoisotopic (exact) mass is 373 g/mol. The maximum Gasteiger partial charge on any atom is 0.147 e. The third-order valence-electron chi connectivity index (χ3n) is 2.93. The first-order chi connectivity index (χ1) is 9.51. The molecule has 0 fully saturated rings. The van der Waals surface area contributed by atoms with E-state index < -0.39 is 0 Å². The second-order valence-electron chi connectivity index (χ2n) is 4.43. The van der Waals surface area contributed by atoms with E-state index in [9.17, 15) is 0 Å². The van der Waals surface area contributed by atoms with Gasteiger partial charge in [0.15, 0.2) is 0 Å². The highest BCUT2D eigenvalue weighted by molar-refractivity contribution is 9.10. The number of nitrogens with two attached hydrogens (primary N) is 1. The zero-order valence-corrected chi connectivity index (χ0v) is 14.0.